The van der Waals surface area contributed by atoms with Gasteiger partial charge in [-0.3, -0.25) is 0 Å². The lowest BCUT2D eigenvalue weighted by molar-refractivity contribution is 0.000702. The molecule has 0 aliphatic rings. The molecule has 0 fully saturated rings. The van der Waals surface area contributed by atoms with E-state index in [1.165, 1.54) is 0 Å². The number of aliphatic hydroxyl groups excluding tert-OH is 1. The summed E-state index contributed by atoms with van der Waals surface area (Å²) in [7, 11) is 0. The number of rotatable bonds is 2. The van der Waals surface area contributed by atoms with Crippen molar-refractivity contribution in [2.75, 3.05) is 0 Å². The summed E-state index contributed by atoms with van der Waals surface area (Å²) in [6, 6.07) is 8.85. The molecule has 3 nitrogen and oxygen atoms in total. The largest absolute Gasteiger partial charge is 0.372 e. The van der Waals surface area contributed by atoms with Crippen LogP contribution in [0.5, 0.6) is 0 Å². The van der Waals surface area contributed by atoms with Gasteiger partial charge in [0.05, 0.1) is 0 Å². The molecule has 1 aromatic carbocycles. The molecule has 0 aliphatic carbocycles. The van der Waals surface area contributed by atoms with E-state index >= 15 is 0 Å². The van der Waals surface area contributed by atoms with Crippen LogP contribution in [-0.2, 0) is 0 Å². The van der Waals surface area contributed by atoms with E-state index in [-0.39, 0.29) is 0 Å². The van der Waals surface area contributed by atoms with E-state index in [0.717, 1.165) is 0 Å². The average molecular weight is 139 g/mol. The lowest BCUT2D eigenvalue weighted by atomic mass is 10.2. The third kappa shape index (κ3) is 1.54. The first kappa shape index (κ1) is 7.21. The average Bonchev–Trinajstić information content (AvgIpc) is 2.05. The van der Waals surface area contributed by atoms with E-state index in [0.29, 0.717) is 5.56 Å². The highest BCUT2D eigenvalue weighted by atomic mass is 16.5. The van der Waals surface area contributed by atoms with Crippen molar-refractivity contribution in [3.05, 3.63) is 35.9 Å². The fraction of sp³-hybridized carbons (Fsp3) is 0.143. The predicted octanol–water partition coefficient (Wildman–Crippen LogP) is 0.656. The number of hydrogen-bond donors (Lipinski definition) is 3. The molecular formula is C7H9NO2. The predicted molar refractivity (Wildman–Crippen MR) is 36.3 cm³/mol. The summed E-state index contributed by atoms with van der Waals surface area (Å²) in [5.74, 6) is 0. The van der Waals surface area contributed by atoms with Crippen molar-refractivity contribution in [2.45, 2.75) is 6.23 Å². The van der Waals surface area contributed by atoms with Gasteiger partial charge in [-0.2, -0.15) is 5.48 Å². The van der Waals surface area contributed by atoms with Gasteiger partial charge in [-0.25, -0.2) is 0 Å². The molecule has 54 valence electrons. The third-order valence-electron chi connectivity index (χ3n) is 1.24. The molecule has 10 heavy (non-hydrogen) atoms. The van der Waals surface area contributed by atoms with Gasteiger partial charge in [-0.1, -0.05) is 30.3 Å². The van der Waals surface area contributed by atoms with E-state index in [9.17, 15) is 0 Å². The first-order chi connectivity index (χ1) is 4.84. The second kappa shape index (κ2) is 3.31. The van der Waals surface area contributed by atoms with Crippen LogP contribution in [0.3, 0.4) is 0 Å². The Kier molecular flexibility index (Phi) is 2.39. The molecule has 3 heteroatoms. The Morgan fingerprint density at radius 2 is 1.80 bits per heavy atom. The van der Waals surface area contributed by atoms with Crippen LogP contribution >= 0.6 is 0 Å². The number of hydroxylamine groups is 1. The first-order valence-corrected chi connectivity index (χ1v) is 2.97. The topological polar surface area (TPSA) is 52.5 Å². The summed E-state index contributed by atoms with van der Waals surface area (Å²) in [4.78, 5) is 0. The van der Waals surface area contributed by atoms with Crippen molar-refractivity contribution in [1.82, 2.24) is 5.48 Å². The Bertz CT molecular complexity index is 188. The standard InChI is InChI=1S/C7H9NO2/c9-7(8-10)6-4-2-1-3-5-6/h1-5,7-10H. The molecule has 0 heterocycles. The minimum Gasteiger partial charge on any atom is -0.372 e. The molecule has 0 spiro atoms. The highest BCUT2D eigenvalue weighted by Gasteiger charge is 2.01. The van der Waals surface area contributed by atoms with Crippen molar-refractivity contribution in [1.29, 1.82) is 0 Å². The molecule has 0 aliphatic heterocycles. The maximum Gasteiger partial charge on any atom is 0.152 e. The molecule has 0 saturated heterocycles. The van der Waals surface area contributed by atoms with Gasteiger partial charge >= 0.3 is 0 Å². The molecule has 0 radical (unpaired) electrons. The molecule has 3 N–H and O–H groups in total. The maximum absolute atomic E-state index is 8.97. The Hall–Kier alpha value is -0.900. The second-order valence-corrected chi connectivity index (χ2v) is 1.94. The lowest BCUT2D eigenvalue weighted by Crippen LogP contribution is -2.15. The molecule has 1 rings (SSSR count). The summed E-state index contributed by atoms with van der Waals surface area (Å²) >= 11 is 0. The molecule has 0 amide bonds. The fourth-order valence-corrected chi connectivity index (χ4v) is 0.710. The number of nitrogens with one attached hydrogen (secondary N) is 1. The maximum atomic E-state index is 8.97. The molecule has 0 bridgehead atoms. The quantitative estimate of drug-likeness (QED) is 0.416. The Balaban J connectivity index is 2.75. The second-order valence-electron chi connectivity index (χ2n) is 1.94. The SMILES string of the molecule is ONC(O)c1ccccc1. The molecule has 1 unspecified atom stereocenters. The zero-order chi connectivity index (χ0) is 7.40. The third-order valence-corrected chi connectivity index (χ3v) is 1.24. The van der Waals surface area contributed by atoms with Gasteiger partial charge in [0.2, 0.25) is 0 Å². The van der Waals surface area contributed by atoms with Gasteiger partial charge in [-0.15, -0.1) is 0 Å². The fourth-order valence-electron chi connectivity index (χ4n) is 0.710. The van der Waals surface area contributed by atoms with Crippen LogP contribution in [0, 0.1) is 0 Å². The van der Waals surface area contributed by atoms with Crippen LogP contribution in [0.15, 0.2) is 30.3 Å². The zero-order valence-corrected chi connectivity index (χ0v) is 5.36. The smallest absolute Gasteiger partial charge is 0.152 e. The van der Waals surface area contributed by atoms with Crippen LogP contribution in [0.25, 0.3) is 0 Å². The van der Waals surface area contributed by atoms with Crippen molar-refractivity contribution in [3.8, 4) is 0 Å². The van der Waals surface area contributed by atoms with Crippen LogP contribution in [0.2, 0.25) is 0 Å². The summed E-state index contributed by atoms with van der Waals surface area (Å²) in [5.41, 5.74) is 2.38. The van der Waals surface area contributed by atoms with Gasteiger partial charge < -0.3 is 10.3 Å². The van der Waals surface area contributed by atoms with Gasteiger partial charge in [0.15, 0.2) is 6.23 Å². The van der Waals surface area contributed by atoms with Gasteiger partial charge in [0, 0.05) is 0 Å². The van der Waals surface area contributed by atoms with Crippen LogP contribution < -0.4 is 5.48 Å². The van der Waals surface area contributed by atoms with E-state index < -0.39 is 6.23 Å². The summed E-state index contributed by atoms with van der Waals surface area (Å²) in [6.45, 7) is 0. The van der Waals surface area contributed by atoms with Gasteiger partial charge in [0.1, 0.15) is 0 Å². The lowest BCUT2D eigenvalue weighted by Gasteiger charge is -2.06. The highest BCUT2D eigenvalue weighted by molar-refractivity contribution is 5.16. The Morgan fingerprint density at radius 3 is 2.30 bits per heavy atom. The van der Waals surface area contributed by atoms with Crippen molar-refractivity contribution < 1.29 is 10.3 Å². The molecule has 1 atom stereocenters. The molecule has 0 aromatic heterocycles. The van der Waals surface area contributed by atoms with E-state index in [4.69, 9.17) is 10.3 Å². The van der Waals surface area contributed by atoms with Crippen LogP contribution in [0.4, 0.5) is 0 Å². The highest BCUT2D eigenvalue weighted by Crippen LogP contribution is 2.06. The first-order valence-electron chi connectivity index (χ1n) is 2.97. The van der Waals surface area contributed by atoms with Crippen molar-refractivity contribution in [2.24, 2.45) is 0 Å². The number of hydrogen-bond acceptors (Lipinski definition) is 3. The number of benzene rings is 1. The zero-order valence-electron chi connectivity index (χ0n) is 5.36. The summed E-state index contributed by atoms with van der Waals surface area (Å²) < 4.78 is 0. The summed E-state index contributed by atoms with van der Waals surface area (Å²) in [5, 5.41) is 17.3. The minimum absolute atomic E-state index is 0.644. The van der Waals surface area contributed by atoms with E-state index in [1.807, 2.05) is 6.07 Å². The monoisotopic (exact) mass is 139 g/mol. The summed E-state index contributed by atoms with van der Waals surface area (Å²) in [6.07, 6.45) is -0.985. The van der Waals surface area contributed by atoms with Crippen LogP contribution in [0.1, 0.15) is 11.8 Å². The Morgan fingerprint density at radius 1 is 1.20 bits per heavy atom. The van der Waals surface area contributed by atoms with Crippen molar-refractivity contribution >= 4 is 0 Å². The van der Waals surface area contributed by atoms with Crippen LogP contribution in [-0.4, -0.2) is 10.3 Å². The molecule has 0 saturated carbocycles. The normalized spacial score (nSPS) is 13.0. The van der Waals surface area contributed by atoms with E-state index in [1.54, 1.807) is 29.7 Å². The van der Waals surface area contributed by atoms with E-state index in [2.05, 4.69) is 0 Å². The molecular weight excluding hydrogens is 130 g/mol. The number of aliphatic hydroxyl groups is 1. The Labute approximate surface area is 58.9 Å². The minimum atomic E-state index is -0.985. The van der Waals surface area contributed by atoms with Crippen molar-refractivity contribution in [3.63, 3.8) is 0 Å². The molecule has 1 aromatic rings. The van der Waals surface area contributed by atoms with Gasteiger partial charge in [0.25, 0.3) is 0 Å². The van der Waals surface area contributed by atoms with Gasteiger partial charge in [-0.05, 0) is 5.56 Å².